The molecule has 3 N–H and O–H groups in total. The summed E-state index contributed by atoms with van der Waals surface area (Å²) in [5.41, 5.74) is 1.69. The lowest BCUT2D eigenvalue weighted by Gasteiger charge is -2.44. The van der Waals surface area contributed by atoms with Crippen LogP contribution in [0.2, 0.25) is 0 Å². The summed E-state index contributed by atoms with van der Waals surface area (Å²) in [5.74, 6) is 0.940. The van der Waals surface area contributed by atoms with Crippen LogP contribution in [0.15, 0.2) is 34.9 Å². The maximum absolute atomic E-state index is 13.2. The Balaban J connectivity index is 1.38. The minimum Gasteiger partial charge on any atom is -0.392 e. The van der Waals surface area contributed by atoms with Gasteiger partial charge < -0.3 is 24.6 Å². The molecule has 4 heterocycles. The number of rotatable bonds is 5. The van der Waals surface area contributed by atoms with E-state index in [4.69, 9.17) is 9.26 Å². The highest BCUT2D eigenvalue weighted by Gasteiger charge is 2.42. The molecule has 2 aromatic heterocycles. The van der Waals surface area contributed by atoms with Crippen LogP contribution in [-0.2, 0) is 11.2 Å². The number of aliphatic hydroxyl groups is 1. The number of ether oxygens (including phenoxy) is 1. The first-order valence-electron chi connectivity index (χ1n) is 10.3. The van der Waals surface area contributed by atoms with Gasteiger partial charge in [-0.05, 0) is 31.2 Å². The molecule has 9 nitrogen and oxygen atoms in total. The van der Waals surface area contributed by atoms with Gasteiger partial charge in [0.15, 0.2) is 16.7 Å². The second kappa shape index (κ2) is 8.49. The normalized spacial score (nSPS) is 20.5. The summed E-state index contributed by atoms with van der Waals surface area (Å²) in [4.78, 5) is 19.9. The Bertz CT molecular complexity index is 1120. The van der Waals surface area contributed by atoms with E-state index >= 15 is 0 Å². The second-order valence-corrected chi connectivity index (χ2v) is 8.92. The molecule has 11 heteroatoms. The van der Waals surface area contributed by atoms with Crippen LogP contribution < -0.4 is 15.5 Å². The number of morpholine rings is 1. The number of nitrogens with one attached hydrogen (secondary N) is 2. The van der Waals surface area contributed by atoms with E-state index in [0.717, 1.165) is 16.1 Å². The van der Waals surface area contributed by atoms with Crippen molar-refractivity contribution in [2.24, 2.45) is 0 Å². The summed E-state index contributed by atoms with van der Waals surface area (Å²) >= 11 is 1.40. The standard InChI is InChI=1S/C21H22FN5O4S/c1-11(28)8-23-20(29)25-21-24-15-6-14-9-30-10-16(19(15)32-21)27(14)18-7-17(31-26-18)12-2-4-13(22)5-3-12/h2-5,7,11,14,16,28H,6,8-10H2,1H3,(H2,23,24,25,29)/t11-,14+,16+/m1/s1. The Morgan fingerprint density at radius 2 is 2.19 bits per heavy atom. The molecule has 0 unspecified atom stereocenters. The fraction of sp³-hybridized carbons (Fsp3) is 0.381. The van der Waals surface area contributed by atoms with Crippen LogP contribution in [-0.4, -0.2) is 53.2 Å². The minimum atomic E-state index is -0.627. The van der Waals surface area contributed by atoms with Crippen LogP contribution in [0.5, 0.6) is 0 Å². The number of carbonyl (C=O) groups excluding carboxylic acids is 1. The fourth-order valence-corrected chi connectivity index (χ4v) is 5.08. The third kappa shape index (κ3) is 4.06. The third-order valence-corrected chi connectivity index (χ3v) is 6.56. The highest BCUT2D eigenvalue weighted by atomic mass is 32.1. The Morgan fingerprint density at radius 3 is 2.97 bits per heavy atom. The van der Waals surface area contributed by atoms with E-state index in [1.54, 1.807) is 19.1 Å². The van der Waals surface area contributed by atoms with Crippen molar-refractivity contribution in [3.05, 3.63) is 46.7 Å². The number of nitrogens with zero attached hydrogens (tertiary/aromatic N) is 3. The van der Waals surface area contributed by atoms with Crippen LogP contribution >= 0.6 is 11.3 Å². The van der Waals surface area contributed by atoms with Gasteiger partial charge in [-0.25, -0.2) is 14.2 Å². The summed E-state index contributed by atoms with van der Waals surface area (Å²) in [5, 5.41) is 19.4. The molecule has 0 saturated carbocycles. The number of hydrogen-bond acceptors (Lipinski definition) is 8. The lowest BCUT2D eigenvalue weighted by molar-refractivity contribution is 0.0601. The monoisotopic (exact) mass is 459 g/mol. The van der Waals surface area contributed by atoms with Gasteiger partial charge in [-0.15, -0.1) is 0 Å². The fourth-order valence-electron chi connectivity index (χ4n) is 4.00. The van der Waals surface area contributed by atoms with E-state index in [9.17, 15) is 14.3 Å². The Hall–Kier alpha value is -3.02. The van der Waals surface area contributed by atoms with E-state index in [-0.39, 0.29) is 24.4 Å². The number of anilines is 2. The van der Waals surface area contributed by atoms with Crippen molar-refractivity contribution in [2.45, 2.75) is 31.5 Å². The zero-order chi connectivity index (χ0) is 22.2. The van der Waals surface area contributed by atoms with Crippen LogP contribution in [0.25, 0.3) is 11.3 Å². The summed E-state index contributed by atoms with van der Waals surface area (Å²) < 4.78 is 24.6. The topological polar surface area (TPSA) is 113 Å². The molecule has 5 rings (SSSR count). The predicted octanol–water partition coefficient (Wildman–Crippen LogP) is 2.94. The maximum atomic E-state index is 13.2. The molecular formula is C21H22FN5O4S. The number of thiazole rings is 1. The molecule has 32 heavy (non-hydrogen) atoms. The molecule has 1 aromatic carbocycles. The number of fused-ring (bicyclic) bond motifs is 4. The molecule has 2 amide bonds. The number of urea groups is 1. The Morgan fingerprint density at radius 1 is 1.38 bits per heavy atom. The van der Waals surface area contributed by atoms with Crippen LogP contribution in [0.3, 0.4) is 0 Å². The molecule has 1 saturated heterocycles. The van der Waals surface area contributed by atoms with Crippen molar-refractivity contribution in [3.8, 4) is 11.3 Å². The van der Waals surface area contributed by atoms with Gasteiger partial charge in [0.25, 0.3) is 0 Å². The lowest BCUT2D eigenvalue weighted by atomic mass is 9.96. The SMILES string of the molecule is C[C@@H](O)CNC(=O)Nc1nc2c(s1)[C@@H]1COC[C@H](C2)N1c1cc(-c2ccc(F)cc2)on1. The zero-order valence-corrected chi connectivity index (χ0v) is 18.1. The number of halogens is 1. The van der Waals surface area contributed by atoms with Gasteiger partial charge >= 0.3 is 6.03 Å². The van der Waals surface area contributed by atoms with Gasteiger partial charge in [-0.2, -0.15) is 0 Å². The van der Waals surface area contributed by atoms with Gasteiger partial charge in [-0.3, -0.25) is 5.32 Å². The smallest absolute Gasteiger partial charge is 0.321 e. The van der Waals surface area contributed by atoms with E-state index < -0.39 is 12.1 Å². The van der Waals surface area contributed by atoms with Crippen molar-refractivity contribution in [1.82, 2.24) is 15.5 Å². The van der Waals surface area contributed by atoms with E-state index in [1.807, 2.05) is 6.07 Å². The van der Waals surface area contributed by atoms with Crippen molar-refractivity contribution >= 4 is 28.3 Å². The minimum absolute atomic E-state index is 0.0337. The number of hydrogen-bond donors (Lipinski definition) is 3. The highest BCUT2D eigenvalue weighted by Crippen LogP contribution is 2.43. The van der Waals surface area contributed by atoms with Crippen molar-refractivity contribution < 1.29 is 23.6 Å². The lowest BCUT2D eigenvalue weighted by Crippen LogP contribution is -2.51. The number of carbonyl (C=O) groups is 1. The Labute approximate surface area is 187 Å². The molecule has 0 radical (unpaired) electrons. The van der Waals surface area contributed by atoms with Crippen molar-refractivity contribution in [3.63, 3.8) is 0 Å². The van der Waals surface area contributed by atoms with Crippen molar-refractivity contribution in [1.29, 1.82) is 0 Å². The number of amides is 2. The molecule has 2 bridgehead atoms. The van der Waals surface area contributed by atoms with E-state index in [0.29, 0.717) is 36.3 Å². The summed E-state index contributed by atoms with van der Waals surface area (Å²) in [7, 11) is 0. The second-order valence-electron chi connectivity index (χ2n) is 7.89. The highest BCUT2D eigenvalue weighted by molar-refractivity contribution is 7.16. The number of aliphatic hydroxyl groups excluding tert-OH is 1. The van der Waals surface area contributed by atoms with Gasteiger partial charge in [0.2, 0.25) is 0 Å². The molecule has 3 atom stereocenters. The summed E-state index contributed by atoms with van der Waals surface area (Å²) in [6.07, 6.45) is 0.0235. The zero-order valence-electron chi connectivity index (χ0n) is 17.2. The molecule has 2 aliphatic heterocycles. The predicted molar refractivity (Wildman–Crippen MR) is 116 cm³/mol. The van der Waals surface area contributed by atoms with Gasteiger partial charge in [0, 0.05) is 24.6 Å². The maximum Gasteiger partial charge on any atom is 0.321 e. The molecule has 0 spiro atoms. The average Bonchev–Trinajstić information content (AvgIpc) is 3.39. The summed E-state index contributed by atoms with van der Waals surface area (Å²) in [6.45, 7) is 2.76. The van der Waals surface area contributed by atoms with Gasteiger partial charge in [-0.1, -0.05) is 16.5 Å². The molecule has 1 fully saturated rings. The molecule has 3 aromatic rings. The van der Waals surface area contributed by atoms with Gasteiger partial charge in [0.1, 0.15) is 5.82 Å². The molecule has 2 aliphatic rings. The third-order valence-electron chi connectivity index (χ3n) is 5.44. The molecular weight excluding hydrogens is 437 g/mol. The van der Waals surface area contributed by atoms with E-state index in [1.165, 1.54) is 23.5 Å². The van der Waals surface area contributed by atoms with E-state index in [2.05, 4.69) is 25.7 Å². The average molecular weight is 460 g/mol. The number of benzene rings is 1. The summed E-state index contributed by atoms with van der Waals surface area (Å²) in [6, 6.07) is 7.46. The van der Waals surface area contributed by atoms with Crippen LogP contribution in [0.1, 0.15) is 23.5 Å². The number of aromatic nitrogens is 2. The first-order chi connectivity index (χ1) is 15.5. The quantitative estimate of drug-likeness (QED) is 0.538. The van der Waals surface area contributed by atoms with Gasteiger partial charge in [0.05, 0.1) is 42.0 Å². The van der Waals surface area contributed by atoms with Crippen LogP contribution in [0.4, 0.5) is 20.1 Å². The first kappa shape index (κ1) is 20.9. The van der Waals surface area contributed by atoms with Crippen molar-refractivity contribution in [2.75, 3.05) is 30.0 Å². The first-order valence-corrected chi connectivity index (χ1v) is 11.1. The molecule has 168 valence electrons. The van der Waals surface area contributed by atoms with Crippen LogP contribution in [0, 0.1) is 5.82 Å². The molecule has 0 aliphatic carbocycles. The largest absolute Gasteiger partial charge is 0.392 e. The Kier molecular flexibility index (Phi) is 5.53.